The van der Waals surface area contributed by atoms with Crippen LogP contribution in [0.25, 0.3) is 0 Å². The molecular weight excluding hydrogens is 318 g/mol. The second-order valence-electron chi connectivity index (χ2n) is 5.23. The number of nitrogens with zero attached hydrogens (tertiary/aromatic N) is 4. The van der Waals surface area contributed by atoms with E-state index in [0.29, 0.717) is 0 Å². The second kappa shape index (κ2) is 11.9. The van der Waals surface area contributed by atoms with E-state index in [1.54, 1.807) is 0 Å². The van der Waals surface area contributed by atoms with Crippen molar-refractivity contribution in [2.75, 3.05) is 39.0 Å². The van der Waals surface area contributed by atoms with Crippen LogP contribution in [-0.2, 0) is 4.79 Å². The monoisotopic (exact) mass is 341 g/mol. The minimum atomic E-state index is -0.0663. The Morgan fingerprint density at radius 1 is 1.17 bits per heavy atom. The number of anilines is 1. The summed E-state index contributed by atoms with van der Waals surface area (Å²) in [6.07, 6.45) is 0. The molecule has 0 bridgehead atoms. The van der Waals surface area contributed by atoms with Gasteiger partial charge in [0, 0.05) is 25.3 Å². The van der Waals surface area contributed by atoms with Crippen LogP contribution in [0.2, 0.25) is 0 Å². The van der Waals surface area contributed by atoms with Crippen molar-refractivity contribution >= 4 is 11.6 Å². The smallest absolute Gasteiger partial charge is 0.243 e. The maximum absolute atomic E-state index is 12.3. The van der Waals surface area contributed by atoms with Crippen molar-refractivity contribution in [1.29, 1.82) is 0 Å². The van der Waals surface area contributed by atoms with Crippen LogP contribution in [-0.4, -0.2) is 65.9 Å². The Morgan fingerprint density at radius 3 is 2.25 bits per heavy atom. The van der Waals surface area contributed by atoms with Gasteiger partial charge in [-0.05, 0) is 32.6 Å². The van der Waals surface area contributed by atoms with Crippen molar-refractivity contribution < 1.29 is 15.2 Å². The van der Waals surface area contributed by atoms with Gasteiger partial charge >= 0.3 is 0 Å². The molecule has 3 N–H and O–H groups in total. The number of hydrogen-bond acceptors (Lipinski definition) is 7. The van der Waals surface area contributed by atoms with Crippen LogP contribution in [0.15, 0.2) is 34.9 Å². The lowest BCUT2D eigenvalue weighted by atomic mass is 10.1. The fourth-order valence-electron chi connectivity index (χ4n) is 2.22. The van der Waals surface area contributed by atoms with Crippen molar-refractivity contribution in [2.45, 2.75) is 13.0 Å². The van der Waals surface area contributed by atoms with E-state index < -0.39 is 0 Å². The van der Waals surface area contributed by atoms with Gasteiger partial charge in [-0.1, -0.05) is 18.2 Å². The Kier molecular flexibility index (Phi) is 10.6. The summed E-state index contributed by atoms with van der Waals surface area (Å²) in [6, 6.07) is 7.81. The molecule has 1 unspecified atom stereocenters. The van der Waals surface area contributed by atoms with E-state index in [1.807, 2.05) is 38.2 Å². The third-order valence-electron chi connectivity index (χ3n) is 3.56. The summed E-state index contributed by atoms with van der Waals surface area (Å²) in [5.74, 6) is 0.0818. The molecule has 1 amide bonds. The first kappa shape index (κ1) is 21.4. The van der Waals surface area contributed by atoms with Crippen LogP contribution in [0.4, 0.5) is 5.69 Å². The topological polar surface area (TPSA) is 135 Å². The second-order valence-corrected chi connectivity index (χ2v) is 5.23. The number of carbonyl (C=O) groups is 1. The first-order valence-corrected chi connectivity index (χ1v) is 7.09. The number of piperazine rings is 1. The molecule has 1 aromatic rings. The first-order chi connectivity index (χ1) is 11.4. The molecule has 0 spiro atoms. The zero-order valence-corrected chi connectivity index (χ0v) is 13.9. The maximum atomic E-state index is 12.3. The Morgan fingerprint density at radius 2 is 1.71 bits per heavy atom. The molecule has 0 aliphatic carbocycles. The van der Waals surface area contributed by atoms with Gasteiger partial charge < -0.3 is 20.6 Å². The molecule has 24 heavy (non-hydrogen) atoms. The highest BCUT2D eigenvalue weighted by Gasteiger charge is 2.28. The first-order valence-electron chi connectivity index (χ1n) is 7.09. The zero-order valence-electron chi connectivity index (χ0n) is 13.9. The average Bonchev–Trinajstić information content (AvgIpc) is 2.53. The van der Waals surface area contributed by atoms with Gasteiger partial charge in [0.2, 0.25) is 5.91 Å². The van der Waals surface area contributed by atoms with Crippen molar-refractivity contribution in [2.24, 2.45) is 10.7 Å². The van der Waals surface area contributed by atoms with Gasteiger partial charge in [-0.15, -0.1) is 9.81 Å². The molecule has 10 nitrogen and oxygen atoms in total. The molecule has 2 rings (SSSR count). The van der Waals surface area contributed by atoms with Crippen molar-refractivity contribution in [3.63, 3.8) is 0 Å². The van der Waals surface area contributed by atoms with Crippen LogP contribution < -0.4 is 5.32 Å². The molecule has 1 aliphatic heterocycles. The summed E-state index contributed by atoms with van der Waals surface area (Å²) in [5.41, 5.74) is 2.00. The molecular formula is C14H23N5O5. The molecule has 1 fully saturated rings. The molecule has 1 saturated heterocycles. The number of aryl methyl sites for hydroxylation is 1. The summed E-state index contributed by atoms with van der Waals surface area (Å²) in [7, 11) is 4.07. The van der Waals surface area contributed by atoms with E-state index in [2.05, 4.69) is 22.2 Å². The molecule has 1 aromatic carbocycles. The Hall–Kier alpha value is -2.59. The van der Waals surface area contributed by atoms with Gasteiger partial charge in [0.15, 0.2) is 10.7 Å². The van der Waals surface area contributed by atoms with E-state index in [0.717, 1.165) is 30.9 Å². The van der Waals surface area contributed by atoms with Gasteiger partial charge in [-0.25, -0.2) is 0 Å². The predicted octanol–water partition coefficient (Wildman–Crippen LogP) is 1.46. The van der Waals surface area contributed by atoms with Crippen molar-refractivity contribution in [3.05, 3.63) is 39.6 Å². The number of amides is 1. The number of benzene rings is 1. The van der Waals surface area contributed by atoms with E-state index in [1.165, 1.54) is 10.7 Å². The number of carbonyl (C=O) groups excluding carboxylic acids is 1. The van der Waals surface area contributed by atoms with E-state index in [-0.39, 0.29) is 11.9 Å². The average molecular weight is 341 g/mol. The molecule has 1 atom stereocenters. The lowest BCUT2D eigenvalue weighted by molar-refractivity contribution is -0.122. The third-order valence-corrected chi connectivity index (χ3v) is 3.56. The van der Waals surface area contributed by atoms with Gasteiger partial charge in [0.25, 0.3) is 0 Å². The number of nitrogens with one attached hydrogen (secondary N) is 1. The SMILES string of the molecule is Cc1ccccc1NC(=O)C1CN(C)CCN1C.O=NO.O=NO. The lowest BCUT2D eigenvalue weighted by Crippen LogP contribution is -2.55. The van der Waals surface area contributed by atoms with Crippen molar-refractivity contribution in [3.8, 4) is 0 Å². The molecule has 134 valence electrons. The standard InChI is InChI=1S/C14H21N3O.2HNO2/c1-11-6-4-5-7-12(11)15-14(18)13-10-16(2)8-9-17(13)3;2*2-1-3/h4-7,13H,8-10H2,1-3H3,(H,15,18);2*(H,2,3). The van der Waals surface area contributed by atoms with Crippen LogP contribution >= 0.6 is 0 Å². The quantitative estimate of drug-likeness (QED) is 0.547. The molecule has 1 aliphatic rings. The molecule has 0 radical (unpaired) electrons. The number of hydrogen-bond donors (Lipinski definition) is 3. The lowest BCUT2D eigenvalue weighted by Gasteiger charge is -2.36. The Labute approximate surface area is 139 Å². The number of para-hydroxylation sites is 1. The largest absolute Gasteiger partial charge is 0.379 e. The van der Waals surface area contributed by atoms with Crippen LogP contribution in [0.5, 0.6) is 0 Å². The van der Waals surface area contributed by atoms with E-state index in [9.17, 15) is 4.79 Å². The number of likely N-dealkylation sites (N-methyl/N-ethyl adjacent to an activating group) is 2. The third kappa shape index (κ3) is 7.61. The summed E-state index contributed by atoms with van der Waals surface area (Å²) in [6.45, 7) is 4.74. The van der Waals surface area contributed by atoms with Crippen LogP contribution in [0.1, 0.15) is 5.56 Å². The fourth-order valence-corrected chi connectivity index (χ4v) is 2.22. The highest BCUT2D eigenvalue weighted by atomic mass is 16.6. The van der Waals surface area contributed by atoms with E-state index in [4.69, 9.17) is 20.2 Å². The summed E-state index contributed by atoms with van der Waals surface area (Å²) < 4.78 is 0. The maximum Gasteiger partial charge on any atom is 0.243 e. The van der Waals surface area contributed by atoms with Gasteiger partial charge in [0.05, 0.1) is 0 Å². The highest BCUT2D eigenvalue weighted by molar-refractivity contribution is 5.95. The predicted molar refractivity (Wildman–Crippen MR) is 88.9 cm³/mol. The Bertz CT molecular complexity index is 522. The van der Waals surface area contributed by atoms with E-state index >= 15 is 0 Å². The molecule has 10 heteroatoms. The summed E-state index contributed by atoms with van der Waals surface area (Å²) in [4.78, 5) is 32.8. The summed E-state index contributed by atoms with van der Waals surface area (Å²) in [5, 5.41) is 18.8. The highest BCUT2D eigenvalue weighted by Crippen LogP contribution is 2.15. The summed E-state index contributed by atoms with van der Waals surface area (Å²) >= 11 is 0. The van der Waals surface area contributed by atoms with Crippen LogP contribution in [0, 0.1) is 16.7 Å². The normalized spacial score (nSPS) is 17.4. The number of rotatable bonds is 2. The van der Waals surface area contributed by atoms with Crippen molar-refractivity contribution in [1.82, 2.24) is 9.80 Å². The van der Waals surface area contributed by atoms with Crippen LogP contribution in [0.3, 0.4) is 0 Å². The molecule has 0 aromatic heterocycles. The minimum Gasteiger partial charge on any atom is -0.379 e. The van der Waals surface area contributed by atoms with Gasteiger partial charge in [-0.3, -0.25) is 9.69 Å². The van der Waals surface area contributed by atoms with Gasteiger partial charge in [0.1, 0.15) is 6.04 Å². The minimum absolute atomic E-state index is 0.0663. The Balaban J connectivity index is 0.000000772. The fraction of sp³-hybridized carbons (Fsp3) is 0.500. The molecule has 0 saturated carbocycles. The zero-order chi connectivity index (χ0) is 18.5. The molecule has 1 heterocycles. The van der Waals surface area contributed by atoms with Gasteiger partial charge in [-0.2, -0.15) is 0 Å².